The van der Waals surface area contributed by atoms with Gasteiger partial charge in [0, 0.05) is 26.7 Å². The first kappa shape index (κ1) is 14.6. The lowest BCUT2D eigenvalue weighted by molar-refractivity contribution is -0.383. The average molecular weight is 279 g/mol. The summed E-state index contributed by atoms with van der Waals surface area (Å²) in [5, 5.41) is 14.5. The summed E-state index contributed by atoms with van der Waals surface area (Å²) in [6.45, 7) is 4.17. The van der Waals surface area contributed by atoms with Crippen LogP contribution in [0.3, 0.4) is 0 Å². The van der Waals surface area contributed by atoms with Crippen molar-refractivity contribution in [2.75, 3.05) is 37.0 Å². The van der Waals surface area contributed by atoms with Crippen LogP contribution in [0.15, 0.2) is 18.2 Å². The predicted octanol–water partition coefficient (Wildman–Crippen LogP) is 2.64. The Kier molecular flexibility index (Phi) is 4.79. The molecule has 1 aromatic carbocycles. The maximum absolute atomic E-state index is 11.4. The fourth-order valence-corrected chi connectivity index (χ4v) is 2.64. The van der Waals surface area contributed by atoms with E-state index in [0.29, 0.717) is 17.9 Å². The SMILES string of the molecule is CCNc1cccc(N2CCC(OC)CC2)c1[N+](=O)[O-]. The van der Waals surface area contributed by atoms with Crippen molar-refractivity contribution in [2.45, 2.75) is 25.9 Å². The molecule has 6 nitrogen and oxygen atoms in total. The summed E-state index contributed by atoms with van der Waals surface area (Å²) in [6, 6.07) is 5.45. The van der Waals surface area contributed by atoms with Gasteiger partial charge in [-0.05, 0) is 31.9 Å². The summed E-state index contributed by atoms with van der Waals surface area (Å²) < 4.78 is 5.34. The number of rotatable bonds is 5. The highest BCUT2D eigenvalue weighted by molar-refractivity contribution is 5.77. The van der Waals surface area contributed by atoms with Crippen LogP contribution in [0.1, 0.15) is 19.8 Å². The zero-order chi connectivity index (χ0) is 14.5. The number of ether oxygens (including phenoxy) is 1. The monoisotopic (exact) mass is 279 g/mol. The van der Waals surface area contributed by atoms with Crippen molar-refractivity contribution in [3.8, 4) is 0 Å². The van der Waals surface area contributed by atoms with E-state index in [1.807, 2.05) is 19.1 Å². The molecular formula is C14H21N3O3. The van der Waals surface area contributed by atoms with Crippen LogP contribution in [0.5, 0.6) is 0 Å². The van der Waals surface area contributed by atoms with Crippen molar-refractivity contribution in [3.63, 3.8) is 0 Å². The molecule has 0 aromatic heterocycles. The molecule has 6 heteroatoms. The summed E-state index contributed by atoms with van der Waals surface area (Å²) in [7, 11) is 1.72. The topological polar surface area (TPSA) is 67.6 Å². The molecule has 0 radical (unpaired) electrons. The van der Waals surface area contributed by atoms with Crippen LogP contribution in [0, 0.1) is 10.1 Å². The predicted molar refractivity (Wildman–Crippen MR) is 79.5 cm³/mol. The molecule has 1 aromatic rings. The van der Waals surface area contributed by atoms with Gasteiger partial charge < -0.3 is 15.0 Å². The molecule has 20 heavy (non-hydrogen) atoms. The van der Waals surface area contributed by atoms with Gasteiger partial charge >= 0.3 is 5.69 Å². The maximum atomic E-state index is 11.4. The second-order valence-electron chi connectivity index (χ2n) is 4.88. The Hall–Kier alpha value is -1.82. The highest BCUT2D eigenvalue weighted by Gasteiger charge is 2.26. The molecule has 0 aliphatic carbocycles. The third kappa shape index (κ3) is 3.01. The van der Waals surface area contributed by atoms with Gasteiger partial charge in [-0.2, -0.15) is 0 Å². The molecule has 0 atom stereocenters. The summed E-state index contributed by atoms with van der Waals surface area (Å²) in [6.07, 6.45) is 2.07. The van der Waals surface area contributed by atoms with Gasteiger partial charge in [-0.3, -0.25) is 10.1 Å². The second-order valence-corrected chi connectivity index (χ2v) is 4.88. The molecule has 0 unspecified atom stereocenters. The Bertz CT molecular complexity index is 471. The van der Waals surface area contributed by atoms with Gasteiger partial charge in [0.05, 0.1) is 11.0 Å². The number of nitro benzene ring substituents is 1. The van der Waals surface area contributed by atoms with E-state index >= 15 is 0 Å². The third-order valence-electron chi connectivity index (χ3n) is 3.68. The number of hydrogen-bond acceptors (Lipinski definition) is 5. The molecule has 1 fully saturated rings. The smallest absolute Gasteiger partial charge is 0.315 e. The molecule has 2 rings (SSSR count). The van der Waals surface area contributed by atoms with Crippen LogP contribution in [0.4, 0.5) is 17.1 Å². The molecule has 0 bridgehead atoms. The number of benzene rings is 1. The fraction of sp³-hybridized carbons (Fsp3) is 0.571. The molecule has 1 aliphatic rings. The zero-order valence-electron chi connectivity index (χ0n) is 12.0. The van der Waals surface area contributed by atoms with Crippen LogP contribution < -0.4 is 10.2 Å². The summed E-state index contributed by atoms with van der Waals surface area (Å²) >= 11 is 0. The van der Waals surface area contributed by atoms with Gasteiger partial charge in [-0.15, -0.1) is 0 Å². The van der Waals surface area contributed by atoms with E-state index in [2.05, 4.69) is 10.2 Å². The number of anilines is 2. The van der Waals surface area contributed by atoms with Crippen LogP contribution >= 0.6 is 0 Å². The lowest BCUT2D eigenvalue weighted by atomic mass is 10.1. The zero-order valence-corrected chi connectivity index (χ0v) is 12.0. The Morgan fingerprint density at radius 3 is 2.70 bits per heavy atom. The quantitative estimate of drug-likeness (QED) is 0.663. The van der Waals surface area contributed by atoms with E-state index in [9.17, 15) is 10.1 Å². The number of para-hydroxylation sites is 1. The van der Waals surface area contributed by atoms with Gasteiger partial charge in [-0.25, -0.2) is 0 Å². The number of nitro groups is 1. The number of piperidine rings is 1. The minimum absolute atomic E-state index is 0.171. The van der Waals surface area contributed by atoms with Crippen molar-refractivity contribution in [3.05, 3.63) is 28.3 Å². The normalized spacial score (nSPS) is 16.2. The van der Waals surface area contributed by atoms with Crippen LogP contribution in [-0.2, 0) is 4.74 Å². The third-order valence-corrected chi connectivity index (χ3v) is 3.68. The van der Waals surface area contributed by atoms with E-state index in [1.54, 1.807) is 13.2 Å². The van der Waals surface area contributed by atoms with Crippen molar-refractivity contribution in [1.29, 1.82) is 0 Å². The molecule has 0 spiro atoms. The Morgan fingerprint density at radius 1 is 1.45 bits per heavy atom. The molecule has 110 valence electrons. The first-order chi connectivity index (χ1) is 9.67. The molecule has 1 aliphatic heterocycles. The number of nitrogens with zero attached hydrogens (tertiary/aromatic N) is 2. The average Bonchev–Trinajstić information content (AvgIpc) is 2.47. The molecule has 1 N–H and O–H groups in total. The minimum atomic E-state index is -0.296. The van der Waals surface area contributed by atoms with E-state index < -0.39 is 0 Å². The molecule has 0 amide bonds. The molecule has 1 saturated heterocycles. The summed E-state index contributed by atoms with van der Waals surface area (Å²) in [4.78, 5) is 13.2. The van der Waals surface area contributed by atoms with Crippen LogP contribution in [0.2, 0.25) is 0 Å². The number of methoxy groups -OCH3 is 1. The van der Waals surface area contributed by atoms with E-state index in [1.165, 1.54) is 0 Å². The van der Waals surface area contributed by atoms with Crippen molar-refractivity contribution < 1.29 is 9.66 Å². The van der Waals surface area contributed by atoms with Gasteiger partial charge in [0.1, 0.15) is 11.4 Å². The van der Waals surface area contributed by atoms with Crippen molar-refractivity contribution >= 4 is 17.1 Å². The van der Waals surface area contributed by atoms with E-state index in [4.69, 9.17) is 4.74 Å². The standard InChI is InChI=1S/C14H21N3O3/c1-3-15-12-5-4-6-13(14(12)17(18)19)16-9-7-11(20-2)8-10-16/h4-6,11,15H,3,7-10H2,1-2H3. The van der Waals surface area contributed by atoms with E-state index in [-0.39, 0.29) is 16.7 Å². The van der Waals surface area contributed by atoms with Gasteiger partial charge in [-0.1, -0.05) is 6.07 Å². The lowest BCUT2D eigenvalue weighted by Gasteiger charge is -2.32. The lowest BCUT2D eigenvalue weighted by Crippen LogP contribution is -2.37. The second kappa shape index (κ2) is 6.56. The number of nitrogens with one attached hydrogen (secondary N) is 1. The van der Waals surface area contributed by atoms with Crippen molar-refractivity contribution in [2.24, 2.45) is 0 Å². The van der Waals surface area contributed by atoms with Gasteiger partial charge in [0.25, 0.3) is 0 Å². The fourth-order valence-electron chi connectivity index (χ4n) is 2.64. The first-order valence-corrected chi connectivity index (χ1v) is 6.96. The van der Waals surface area contributed by atoms with Gasteiger partial charge in [0.2, 0.25) is 0 Å². The summed E-state index contributed by atoms with van der Waals surface area (Å²) in [5.41, 5.74) is 1.46. The largest absolute Gasteiger partial charge is 0.381 e. The maximum Gasteiger partial charge on any atom is 0.315 e. The first-order valence-electron chi connectivity index (χ1n) is 6.96. The van der Waals surface area contributed by atoms with Crippen molar-refractivity contribution in [1.82, 2.24) is 0 Å². The number of hydrogen-bond donors (Lipinski definition) is 1. The Labute approximate surface area is 118 Å². The molecule has 1 heterocycles. The minimum Gasteiger partial charge on any atom is -0.381 e. The Morgan fingerprint density at radius 2 is 2.15 bits per heavy atom. The highest BCUT2D eigenvalue weighted by atomic mass is 16.6. The Balaban J connectivity index is 2.27. The summed E-state index contributed by atoms with van der Waals surface area (Å²) in [5.74, 6) is 0. The van der Waals surface area contributed by atoms with Crippen LogP contribution in [0.25, 0.3) is 0 Å². The molecular weight excluding hydrogens is 258 g/mol. The van der Waals surface area contributed by atoms with E-state index in [0.717, 1.165) is 25.9 Å². The molecule has 0 saturated carbocycles. The van der Waals surface area contributed by atoms with Gasteiger partial charge in [0.15, 0.2) is 0 Å². The van der Waals surface area contributed by atoms with Crippen LogP contribution in [-0.4, -0.2) is 37.8 Å². The highest BCUT2D eigenvalue weighted by Crippen LogP contribution is 2.36.